The summed E-state index contributed by atoms with van der Waals surface area (Å²) in [6, 6.07) is 2.62. The first-order chi connectivity index (χ1) is 5.16. The lowest BCUT2D eigenvalue weighted by molar-refractivity contribution is 0.499. The zero-order valence-electron chi connectivity index (χ0n) is 6.00. The highest BCUT2D eigenvalue weighted by molar-refractivity contribution is 9.10. The van der Waals surface area contributed by atoms with E-state index in [0.717, 1.165) is 6.07 Å². The Labute approximate surface area is 72.4 Å². The lowest BCUT2D eigenvalue weighted by Gasteiger charge is -2.02. The Balaban J connectivity index is 3.29. The van der Waals surface area contributed by atoms with Crippen LogP contribution in [0, 0.1) is 11.6 Å². The van der Waals surface area contributed by atoms with Crippen LogP contribution in [0.3, 0.4) is 0 Å². The summed E-state index contributed by atoms with van der Waals surface area (Å²) in [7, 11) is 0. The Kier molecular flexibility index (Phi) is 2.60. The molecule has 0 nitrogen and oxygen atoms in total. The van der Waals surface area contributed by atoms with Gasteiger partial charge < -0.3 is 0 Å². The monoisotopic (exact) mass is 220 g/mol. The van der Waals surface area contributed by atoms with Crippen LogP contribution in [0.4, 0.5) is 8.78 Å². The van der Waals surface area contributed by atoms with Crippen LogP contribution < -0.4 is 0 Å². The van der Waals surface area contributed by atoms with Crippen molar-refractivity contribution in [2.24, 2.45) is 0 Å². The van der Waals surface area contributed by atoms with E-state index in [1.54, 1.807) is 6.92 Å². The van der Waals surface area contributed by atoms with Crippen molar-refractivity contribution in [3.63, 3.8) is 0 Å². The van der Waals surface area contributed by atoms with Crippen molar-refractivity contribution in [2.45, 2.75) is 13.3 Å². The summed E-state index contributed by atoms with van der Waals surface area (Å²) in [5.41, 5.74) is 0.394. The summed E-state index contributed by atoms with van der Waals surface area (Å²) >= 11 is 3.13. The molecule has 0 fully saturated rings. The van der Waals surface area contributed by atoms with E-state index in [1.807, 2.05) is 0 Å². The largest absolute Gasteiger partial charge is 0.204 e. The van der Waals surface area contributed by atoms with Gasteiger partial charge in [-0.2, -0.15) is 0 Å². The molecule has 0 radical (unpaired) electrons. The minimum absolute atomic E-state index is 0.394. The lowest BCUT2D eigenvalue weighted by Crippen LogP contribution is -1.93. The normalized spacial score (nSPS) is 10.2. The molecule has 3 heteroatoms. The van der Waals surface area contributed by atoms with E-state index in [2.05, 4.69) is 15.9 Å². The van der Waals surface area contributed by atoms with Crippen molar-refractivity contribution in [2.75, 3.05) is 0 Å². The van der Waals surface area contributed by atoms with E-state index in [9.17, 15) is 8.78 Å². The van der Waals surface area contributed by atoms with Gasteiger partial charge in [0.1, 0.15) is 0 Å². The van der Waals surface area contributed by atoms with Crippen molar-refractivity contribution in [1.82, 2.24) is 0 Å². The number of halogens is 3. The van der Waals surface area contributed by atoms with Gasteiger partial charge >= 0.3 is 0 Å². The fourth-order valence-corrected chi connectivity index (χ4v) is 1.48. The molecule has 1 rings (SSSR count). The minimum Gasteiger partial charge on any atom is -0.204 e. The summed E-state index contributed by atoms with van der Waals surface area (Å²) in [5.74, 6) is -1.54. The number of rotatable bonds is 1. The van der Waals surface area contributed by atoms with Gasteiger partial charge in [-0.3, -0.25) is 0 Å². The topological polar surface area (TPSA) is 0 Å². The van der Waals surface area contributed by atoms with Crippen molar-refractivity contribution in [3.05, 3.63) is 33.8 Å². The van der Waals surface area contributed by atoms with E-state index < -0.39 is 11.6 Å². The van der Waals surface area contributed by atoms with Gasteiger partial charge in [0.15, 0.2) is 11.6 Å². The molecule has 1 aromatic carbocycles. The van der Waals surface area contributed by atoms with Crippen LogP contribution in [0.25, 0.3) is 0 Å². The maximum Gasteiger partial charge on any atom is 0.163 e. The third kappa shape index (κ3) is 1.59. The van der Waals surface area contributed by atoms with Gasteiger partial charge in [0.05, 0.1) is 0 Å². The highest BCUT2D eigenvalue weighted by Crippen LogP contribution is 2.22. The summed E-state index contributed by atoms with van der Waals surface area (Å²) in [6.45, 7) is 1.78. The molecule has 60 valence electrons. The fraction of sp³-hybridized carbons (Fsp3) is 0.250. The van der Waals surface area contributed by atoms with Crippen LogP contribution in [0.15, 0.2) is 16.6 Å². The van der Waals surface area contributed by atoms with E-state index in [1.165, 1.54) is 6.07 Å². The second kappa shape index (κ2) is 3.30. The maximum absolute atomic E-state index is 12.9. The molecule has 0 amide bonds. The minimum atomic E-state index is -0.787. The zero-order valence-corrected chi connectivity index (χ0v) is 7.58. The molecule has 0 aromatic heterocycles. The predicted octanol–water partition coefficient (Wildman–Crippen LogP) is 3.29. The second-order valence-electron chi connectivity index (χ2n) is 2.18. The van der Waals surface area contributed by atoms with E-state index in [0.29, 0.717) is 16.5 Å². The van der Waals surface area contributed by atoms with Crippen LogP contribution in [0.5, 0.6) is 0 Å². The number of hydrogen-bond donors (Lipinski definition) is 0. The molecule has 0 aliphatic heterocycles. The van der Waals surface area contributed by atoms with Crippen molar-refractivity contribution < 1.29 is 8.78 Å². The number of hydrogen-bond acceptors (Lipinski definition) is 0. The molecule has 0 spiro atoms. The third-order valence-corrected chi connectivity index (χ3v) is 2.24. The predicted molar refractivity (Wildman–Crippen MR) is 43.4 cm³/mol. The molecule has 11 heavy (non-hydrogen) atoms. The van der Waals surface area contributed by atoms with Crippen LogP contribution in [-0.2, 0) is 6.42 Å². The average Bonchev–Trinajstić information content (AvgIpc) is 1.99. The molecule has 0 atom stereocenters. The molecule has 0 aliphatic carbocycles. The van der Waals surface area contributed by atoms with E-state index in [-0.39, 0.29) is 0 Å². The maximum atomic E-state index is 12.9. The lowest BCUT2D eigenvalue weighted by atomic mass is 10.1. The van der Waals surface area contributed by atoms with Crippen LogP contribution in [0.2, 0.25) is 0 Å². The molecule has 0 unspecified atom stereocenters. The Morgan fingerprint density at radius 1 is 1.36 bits per heavy atom. The molecule has 0 heterocycles. The SMILES string of the molecule is CCc1c(Br)ccc(F)c1F. The first-order valence-corrected chi connectivity index (χ1v) is 4.08. The highest BCUT2D eigenvalue weighted by atomic mass is 79.9. The average molecular weight is 221 g/mol. The summed E-state index contributed by atoms with van der Waals surface area (Å²) in [5, 5.41) is 0. The first kappa shape index (κ1) is 8.65. The summed E-state index contributed by atoms with van der Waals surface area (Å²) in [6.07, 6.45) is 0.490. The zero-order chi connectivity index (χ0) is 8.43. The molecule has 0 N–H and O–H groups in total. The Hall–Kier alpha value is -0.440. The molecule has 0 aliphatic rings. The molecule has 0 saturated carbocycles. The Morgan fingerprint density at radius 2 is 2.00 bits per heavy atom. The van der Waals surface area contributed by atoms with Crippen LogP contribution in [-0.4, -0.2) is 0 Å². The van der Waals surface area contributed by atoms with Gasteiger partial charge in [0, 0.05) is 10.0 Å². The number of benzene rings is 1. The smallest absolute Gasteiger partial charge is 0.163 e. The molecule has 0 bridgehead atoms. The van der Waals surface area contributed by atoms with Gasteiger partial charge in [0.2, 0.25) is 0 Å². The Bertz CT molecular complexity index is 271. The van der Waals surface area contributed by atoms with Gasteiger partial charge in [-0.1, -0.05) is 22.9 Å². The summed E-state index contributed by atoms with van der Waals surface area (Å²) in [4.78, 5) is 0. The third-order valence-electron chi connectivity index (χ3n) is 1.49. The van der Waals surface area contributed by atoms with Crippen molar-refractivity contribution >= 4 is 15.9 Å². The van der Waals surface area contributed by atoms with E-state index >= 15 is 0 Å². The van der Waals surface area contributed by atoms with E-state index in [4.69, 9.17) is 0 Å². The highest BCUT2D eigenvalue weighted by Gasteiger charge is 2.09. The Morgan fingerprint density at radius 3 is 2.45 bits per heavy atom. The van der Waals surface area contributed by atoms with Crippen molar-refractivity contribution in [3.8, 4) is 0 Å². The molecule has 1 aromatic rings. The summed E-state index contributed by atoms with van der Waals surface area (Å²) < 4.78 is 26.0. The first-order valence-electron chi connectivity index (χ1n) is 3.29. The van der Waals surface area contributed by atoms with Gasteiger partial charge in [0.25, 0.3) is 0 Å². The van der Waals surface area contributed by atoms with Crippen LogP contribution in [0.1, 0.15) is 12.5 Å². The van der Waals surface area contributed by atoms with Gasteiger partial charge in [-0.15, -0.1) is 0 Å². The molecule has 0 saturated heterocycles. The van der Waals surface area contributed by atoms with Gasteiger partial charge in [-0.25, -0.2) is 8.78 Å². The van der Waals surface area contributed by atoms with Gasteiger partial charge in [-0.05, 0) is 18.6 Å². The second-order valence-corrected chi connectivity index (χ2v) is 3.03. The fourth-order valence-electron chi connectivity index (χ4n) is 0.893. The molecular formula is C8H7BrF2. The van der Waals surface area contributed by atoms with Crippen LogP contribution >= 0.6 is 15.9 Å². The molecular weight excluding hydrogens is 214 g/mol. The quantitative estimate of drug-likeness (QED) is 0.638. The standard InChI is InChI=1S/C8H7BrF2/c1-2-5-6(9)3-4-7(10)8(5)11/h3-4H,2H2,1H3. The van der Waals surface area contributed by atoms with Crippen molar-refractivity contribution in [1.29, 1.82) is 0 Å².